The van der Waals surface area contributed by atoms with Crippen molar-refractivity contribution in [1.29, 1.82) is 5.26 Å². The lowest BCUT2D eigenvalue weighted by Gasteiger charge is -2.24. The summed E-state index contributed by atoms with van der Waals surface area (Å²) in [5.74, 6) is -1.52. The van der Waals surface area contributed by atoms with Crippen LogP contribution in [0.1, 0.15) is 17.0 Å². The molecule has 0 bridgehead atoms. The normalized spacial score (nSPS) is 15.9. The van der Waals surface area contributed by atoms with E-state index in [0.29, 0.717) is 15.7 Å². The number of benzene rings is 2. The molecule has 8 nitrogen and oxygen atoms in total. The van der Waals surface area contributed by atoms with Gasteiger partial charge < -0.3 is 20.7 Å². The van der Waals surface area contributed by atoms with Crippen LogP contribution >= 0.6 is 11.3 Å². The molecule has 2 heterocycles. The van der Waals surface area contributed by atoms with Gasteiger partial charge >= 0.3 is 5.97 Å². The number of esters is 1. The number of allylic oxidation sites excluding steroid dienone is 1. The van der Waals surface area contributed by atoms with Crippen LogP contribution in [0.2, 0.25) is 0 Å². The standard InChI is InChI=1S/C23H17N3O5S/c1-31-23(30)19-18(13-4-8-15(28)9-5-13)16(11-24)20(25)26-21(29)17(32-22(19)26)10-12-2-6-14(27)7-3-12/h2-10,18,27-28H,25H2,1H3/b17-10+/t18-/m0/s1. The van der Waals surface area contributed by atoms with Gasteiger partial charge in [0.15, 0.2) is 0 Å². The fourth-order valence-corrected chi connectivity index (χ4v) is 4.74. The number of ether oxygens (including phenoxy) is 1. The molecule has 2 aromatic carbocycles. The molecule has 0 aliphatic carbocycles. The van der Waals surface area contributed by atoms with Gasteiger partial charge in [-0.25, -0.2) is 4.79 Å². The molecule has 1 atom stereocenters. The van der Waals surface area contributed by atoms with Crippen molar-refractivity contribution >= 4 is 34.8 Å². The molecule has 1 aliphatic rings. The van der Waals surface area contributed by atoms with E-state index in [1.165, 1.54) is 31.4 Å². The van der Waals surface area contributed by atoms with E-state index in [9.17, 15) is 25.1 Å². The molecule has 0 spiro atoms. The Morgan fingerprint density at radius 3 is 2.31 bits per heavy atom. The Balaban J connectivity index is 2.08. The number of nitrogens with zero attached hydrogens (tertiary/aromatic N) is 2. The number of phenols is 2. The summed E-state index contributed by atoms with van der Waals surface area (Å²) < 4.78 is 6.69. The van der Waals surface area contributed by atoms with E-state index >= 15 is 0 Å². The number of fused-ring (bicyclic) bond motifs is 1. The van der Waals surface area contributed by atoms with Gasteiger partial charge in [-0.3, -0.25) is 9.36 Å². The maximum atomic E-state index is 13.2. The Morgan fingerprint density at radius 1 is 1.16 bits per heavy atom. The van der Waals surface area contributed by atoms with E-state index < -0.39 is 17.4 Å². The third-order valence-corrected chi connectivity index (χ3v) is 6.20. The van der Waals surface area contributed by atoms with Gasteiger partial charge in [-0.05, 0) is 41.5 Å². The Hall–Kier alpha value is -4.29. The molecular weight excluding hydrogens is 430 g/mol. The highest BCUT2D eigenvalue weighted by Gasteiger charge is 2.36. The molecule has 160 valence electrons. The molecule has 32 heavy (non-hydrogen) atoms. The summed E-state index contributed by atoms with van der Waals surface area (Å²) in [6.07, 6.45) is 1.61. The number of aromatic nitrogens is 1. The van der Waals surface area contributed by atoms with Crippen LogP contribution in [-0.2, 0) is 9.53 Å². The summed E-state index contributed by atoms with van der Waals surface area (Å²) >= 11 is 1.05. The number of nitriles is 1. The van der Waals surface area contributed by atoms with Crippen LogP contribution in [0.5, 0.6) is 11.5 Å². The van der Waals surface area contributed by atoms with Gasteiger partial charge in [-0.15, -0.1) is 11.3 Å². The molecule has 3 aromatic rings. The minimum atomic E-state index is -0.868. The van der Waals surface area contributed by atoms with Crippen molar-refractivity contribution in [2.24, 2.45) is 5.73 Å². The van der Waals surface area contributed by atoms with Crippen molar-refractivity contribution in [2.45, 2.75) is 5.92 Å². The molecule has 1 aliphatic heterocycles. The summed E-state index contributed by atoms with van der Waals surface area (Å²) in [5, 5.41) is 29.0. The number of carbonyl (C=O) groups is 1. The van der Waals surface area contributed by atoms with Gasteiger partial charge in [0.1, 0.15) is 22.0 Å². The minimum Gasteiger partial charge on any atom is -0.508 e. The number of thiazole rings is 1. The Kier molecular flexibility index (Phi) is 5.30. The van der Waals surface area contributed by atoms with E-state index in [-0.39, 0.29) is 33.1 Å². The van der Waals surface area contributed by atoms with E-state index in [2.05, 4.69) is 0 Å². The summed E-state index contributed by atoms with van der Waals surface area (Å²) in [4.78, 5) is 26.0. The average molecular weight is 447 g/mol. The lowest BCUT2D eigenvalue weighted by atomic mass is 9.84. The fraction of sp³-hybridized carbons (Fsp3) is 0.0870. The number of nitrogens with two attached hydrogens (primary N) is 1. The topological polar surface area (TPSA) is 139 Å². The van der Waals surface area contributed by atoms with Gasteiger partial charge in [-0.2, -0.15) is 5.26 Å². The molecule has 9 heteroatoms. The number of rotatable bonds is 3. The Labute approximate surface area is 185 Å². The zero-order chi connectivity index (χ0) is 23.0. The van der Waals surface area contributed by atoms with Crippen molar-refractivity contribution in [1.82, 2.24) is 4.57 Å². The maximum absolute atomic E-state index is 13.2. The van der Waals surface area contributed by atoms with Crippen molar-refractivity contribution < 1.29 is 19.7 Å². The number of hydrogen-bond acceptors (Lipinski definition) is 8. The highest BCUT2D eigenvalue weighted by molar-refractivity contribution is 7.07. The summed E-state index contributed by atoms with van der Waals surface area (Å²) in [6.45, 7) is 0. The highest BCUT2D eigenvalue weighted by Crippen LogP contribution is 2.37. The van der Waals surface area contributed by atoms with Crippen LogP contribution < -0.4 is 20.5 Å². The van der Waals surface area contributed by atoms with E-state index in [4.69, 9.17) is 10.5 Å². The fourth-order valence-electron chi connectivity index (χ4n) is 3.58. The van der Waals surface area contributed by atoms with Gasteiger partial charge in [0.05, 0.1) is 34.8 Å². The number of methoxy groups -OCH3 is 1. The third-order valence-electron chi connectivity index (χ3n) is 5.09. The van der Waals surface area contributed by atoms with Crippen LogP contribution in [-0.4, -0.2) is 27.9 Å². The SMILES string of the molecule is COC(=O)C1=c2s/c(=C/c3ccc(O)cc3)c(=O)n2C(N)=C(C#N)[C@@H]1c1ccc(O)cc1. The monoisotopic (exact) mass is 447 g/mol. The third kappa shape index (κ3) is 3.42. The Bertz CT molecular complexity index is 1470. The first kappa shape index (κ1) is 21.0. The first-order chi connectivity index (χ1) is 15.3. The molecule has 1 aromatic heterocycles. The molecular formula is C23H17N3O5S. The Morgan fingerprint density at radius 2 is 1.75 bits per heavy atom. The summed E-state index contributed by atoms with van der Waals surface area (Å²) in [5.41, 5.74) is 7.12. The summed E-state index contributed by atoms with van der Waals surface area (Å²) in [7, 11) is 1.22. The molecule has 4 rings (SSSR count). The van der Waals surface area contributed by atoms with Crippen LogP contribution in [0.4, 0.5) is 0 Å². The number of phenolic OH excluding ortho intramolecular Hbond substituents is 2. The first-order valence-corrected chi connectivity index (χ1v) is 10.2. The molecule has 0 fully saturated rings. The smallest absolute Gasteiger partial charge is 0.337 e. The van der Waals surface area contributed by atoms with E-state index in [1.54, 1.807) is 30.3 Å². The molecule has 0 amide bonds. The van der Waals surface area contributed by atoms with Crippen molar-refractivity contribution in [3.05, 3.63) is 84.8 Å². The second kappa shape index (κ2) is 8.09. The van der Waals surface area contributed by atoms with Crippen molar-refractivity contribution in [3.63, 3.8) is 0 Å². The lowest BCUT2D eigenvalue weighted by Crippen LogP contribution is -2.40. The number of hydrogen-bond donors (Lipinski definition) is 3. The molecule has 0 radical (unpaired) electrons. The quantitative estimate of drug-likeness (QED) is 0.508. The van der Waals surface area contributed by atoms with E-state index in [0.717, 1.165) is 15.9 Å². The van der Waals surface area contributed by atoms with Gasteiger partial charge in [0.2, 0.25) is 0 Å². The predicted octanol–water partition coefficient (Wildman–Crippen LogP) is 0.922. The number of aromatic hydroxyl groups is 2. The number of carbonyl (C=O) groups excluding carboxylic acids is 1. The lowest BCUT2D eigenvalue weighted by molar-refractivity contribution is -0.134. The molecule has 0 saturated heterocycles. The predicted molar refractivity (Wildman–Crippen MR) is 119 cm³/mol. The van der Waals surface area contributed by atoms with Gasteiger partial charge in [-0.1, -0.05) is 24.3 Å². The molecule has 0 unspecified atom stereocenters. The largest absolute Gasteiger partial charge is 0.508 e. The zero-order valence-corrected chi connectivity index (χ0v) is 17.6. The van der Waals surface area contributed by atoms with Crippen LogP contribution in [0.3, 0.4) is 0 Å². The van der Waals surface area contributed by atoms with Gasteiger partial charge in [0.25, 0.3) is 5.56 Å². The van der Waals surface area contributed by atoms with Crippen LogP contribution in [0, 0.1) is 11.3 Å². The zero-order valence-electron chi connectivity index (χ0n) is 16.8. The van der Waals surface area contributed by atoms with Crippen molar-refractivity contribution in [3.8, 4) is 17.6 Å². The second-order valence-corrected chi connectivity index (χ2v) is 8.02. The highest BCUT2D eigenvalue weighted by atomic mass is 32.1. The minimum absolute atomic E-state index is 0.0263. The van der Waals surface area contributed by atoms with Gasteiger partial charge in [0, 0.05) is 0 Å². The van der Waals surface area contributed by atoms with Crippen LogP contribution in [0.25, 0.3) is 17.5 Å². The maximum Gasteiger partial charge on any atom is 0.337 e. The molecule has 0 saturated carbocycles. The second-order valence-electron chi connectivity index (χ2n) is 6.99. The van der Waals surface area contributed by atoms with Crippen LogP contribution in [0.15, 0.2) is 58.9 Å². The first-order valence-electron chi connectivity index (χ1n) is 9.40. The average Bonchev–Trinajstić information content (AvgIpc) is 3.11. The van der Waals surface area contributed by atoms with Crippen molar-refractivity contribution in [2.75, 3.05) is 7.11 Å². The molecule has 4 N–H and O–H groups in total. The van der Waals surface area contributed by atoms with E-state index in [1.807, 2.05) is 6.07 Å². The summed E-state index contributed by atoms with van der Waals surface area (Å²) in [6, 6.07) is 14.3.